The molecule has 6 heteroatoms. The zero-order valence-electron chi connectivity index (χ0n) is 15.8. The molecule has 0 saturated carbocycles. The number of nitrogens with zero attached hydrogens (tertiary/aromatic N) is 3. The summed E-state index contributed by atoms with van der Waals surface area (Å²) in [5.74, 6) is 3.20. The molecule has 0 spiro atoms. The number of ether oxygens (including phenoxy) is 2. The van der Waals surface area contributed by atoms with E-state index in [1.807, 2.05) is 25.1 Å². The number of anilines is 2. The summed E-state index contributed by atoms with van der Waals surface area (Å²) in [6, 6.07) is 16.6. The molecule has 2 aliphatic rings. The van der Waals surface area contributed by atoms with Crippen LogP contribution in [-0.2, 0) is 19.5 Å². The summed E-state index contributed by atoms with van der Waals surface area (Å²) < 4.78 is 10.8. The number of rotatable bonds is 4. The van der Waals surface area contributed by atoms with E-state index < -0.39 is 0 Å². The standard InChI is InChI=1S/C22H22N4O2/c1-15-10-21(26-9-8-17-4-2-3-5-18(17)13-26)25-22(24-15)23-12-16-6-7-19-20(11-16)28-14-27-19/h2-7,10-11H,8-9,12-14H2,1H3,(H,23,24,25). The van der Waals surface area contributed by atoms with Gasteiger partial charge in [-0.05, 0) is 42.2 Å². The van der Waals surface area contributed by atoms with Crippen molar-refractivity contribution in [3.8, 4) is 11.5 Å². The summed E-state index contributed by atoms with van der Waals surface area (Å²) in [6.07, 6.45) is 1.04. The summed E-state index contributed by atoms with van der Waals surface area (Å²) in [5.41, 5.74) is 4.87. The molecule has 0 atom stereocenters. The molecule has 142 valence electrons. The topological polar surface area (TPSA) is 59.5 Å². The van der Waals surface area contributed by atoms with E-state index in [2.05, 4.69) is 45.5 Å². The van der Waals surface area contributed by atoms with Crippen molar-refractivity contribution in [1.82, 2.24) is 9.97 Å². The average molecular weight is 374 g/mol. The third-order valence-corrected chi connectivity index (χ3v) is 5.18. The van der Waals surface area contributed by atoms with Gasteiger partial charge in [0, 0.05) is 31.4 Å². The summed E-state index contributed by atoms with van der Waals surface area (Å²) in [5, 5.41) is 3.35. The van der Waals surface area contributed by atoms with Crippen molar-refractivity contribution in [3.63, 3.8) is 0 Å². The van der Waals surface area contributed by atoms with Crippen LogP contribution in [0.2, 0.25) is 0 Å². The molecule has 1 N–H and O–H groups in total. The molecule has 0 amide bonds. The molecule has 0 bridgehead atoms. The van der Waals surface area contributed by atoms with Gasteiger partial charge in [-0.3, -0.25) is 0 Å². The molecular formula is C22H22N4O2. The number of fused-ring (bicyclic) bond motifs is 2. The molecule has 5 rings (SSSR count). The van der Waals surface area contributed by atoms with Crippen molar-refractivity contribution < 1.29 is 9.47 Å². The zero-order chi connectivity index (χ0) is 18.9. The van der Waals surface area contributed by atoms with Crippen LogP contribution >= 0.6 is 0 Å². The van der Waals surface area contributed by atoms with Crippen LogP contribution in [0.15, 0.2) is 48.5 Å². The van der Waals surface area contributed by atoms with Gasteiger partial charge in [0.15, 0.2) is 11.5 Å². The van der Waals surface area contributed by atoms with E-state index in [0.717, 1.165) is 48.1 Å². The van der Waals surface area contributed by atoms with E-state index in [-0.39, 0.29) is 6.79 Å². The van der Waals surface area contributed by atoms with Crippen LogP contribution < -0.4 is 19.7 Å². The van der Waals surface area contributed by atoms with E-state index in [1.54, 1.807) is 0 Å². The van der Waals surface area contributed by atoms with Crippen molar-refractivity contribution in [1.29, 1.82) is 0 Å². The van der Waals surface area contributed by atoms with Gasteiger partial charge in [0.05, 0.1) is 0 Å². The molecule has 0 radical (unpaired) electrons. The Balaban J connectivity index is 1.32. The Morgan fingerprint density at radius 1 is 1.00 bits per heavy atom. The van der Waals surface area contributed by atoms with Crippen molar-refractivity contribution in [2.24, 2.45) is 0 Å². The fraction of sp³-hybridized carbons (Fsp3) is 0.273. The Bertz CT molecular complexity index is 1020. The molecule has 6 nitrogen and oxygen atoms in total. The number of hydrogen-bond acceptors (Lipinski definition) is 6. The second-order valence-corrected chi connectivity index (χ2v) is 7.17. The number of benzene rings is 2. The lowest BCUT2D eigenvalue weighted by Crippen LogP contribution is -2.31. The van der Waals surface area contributed by atoms with Gasteiger partial charge in [0.2, 0.25) is 12.7 Å². The lowest BCUT2D eigenvalue weighted by atomic mass is 10.00. The van der Waals surface area contributed by atoms with E-state index in [4.69, 9.17) is 14.5 Å². The van der Waals surface area contributed by atoms with Crippen LogP contribution in [0.1, 0.15) is 22.4 Å². The average Bonchev–Trinajstić information content (AvgIpc) is 3.19. The summed E-state index contributed by atoms with van der Waals surface area (Å²) >= 11 is 0. The van der Waals surface area contributed by atoms with Gasteiger partial charge >= 0.3 is 0 Å². The van der Waals surface area contributed by atoms with E-state index in [9.17, 15) is 0 Å². The Morgan fingerprint density at radius 2 is 1.86 bits per heavy atom. The quantitative estimate of drug-likeness (QED) is 0.752. The van der Waals surface area contributed by atoms with Crippen molar-refractivity contribution in [3.05, 3.63) is 70.9 Å². The van der Waals surface area contributed by atoms with E-state index >= 15 is 0 Å². The molecular weight excluding hydrogens is 352 g/mol. The highest BCUT2D eigenvalue weighted by molar-refractivity contribution is 5.49. The smallest absolute Gasteiger partial charge is 0.231 e. The maximum atomic E-state index is 5.45. The normalized spacial score (nSPS) is 14.7. The highest BCUT2D eigenvalue weighted by Crippen LogP contribution is 2.32. The third kappa shape index (κ3) is 3.33. The Hall–Kier alpha value is -3.28. The van der Waals surface area contributed by atoms with Gasteiger partial charge in [-0.25, -0.2) is 4.98 Å². The predicted molar refractivity (Wildman–Crippen MR) is 108 cm³/mol. The van der Waals surface area contributed by atoms with Crippen molar-refractivity contribution in [2.75, 3.05) is 23.6 Å². The first-order valence-electron chi connectivity index (χ1n) is 9.54. The maximum absolute atomic E-state index is 5.45. The van der Waals surface area contributed by atoms with Gasteiger partial charge in [0.25, 0.3) is 0 Å². The monoisotopic (exact) mass is 374 g/mol. The Morgan fingerprint density at radius 3 is 2.79 bits per heavy atom. The van der Waals surface area contributed by atoms with Crippen LogP contribution in [0, 0.1) is 6.92 Å². The first kappa shape index (κ1) is 16.9. The molecule has 2 aromatic carbocycles. The Labute approximate surface area is 164 Å². The summed E-state index contributed by atoms with van der Waals surface area (Å²) in [4.78, 5) is 11.6. The minimum Gasteiger partial charge on any atom is -0.454 e. The van der Waals surface area contributed by atoms with Crippen LogP contribution in [0.4, 0.5) is 11.8 Å². The molecule has 3 aromatic rings. The van der Waals surface area contributed by atoms with Crippen molar-refractivity contribution in [2.45, 2.75) is 26.4 Å². The number of hydrogen-bond donors (Lipinski definition) is 1. The second kappa shape index (κ2) is 7.03. The van der Waals surface area contributed by atoms with Gasteiger partial charge < -0.3 is 19.7 Å². The first-order valence-corrected chi connectivity index (χ1v) is 9.54. The summed E-state index contributed by atoms with van der Waals surface area (Å²) in [6.45, 7) is 4.77. The predicted octanol–water partition coefficient (Wildman–Crippen LogP) is 3.69. The maximum Gasteiger partial charge on any atom is 0.231 e. The fourth-order valence-electron chi connectivity index (χ4n) is 3.72. The zero-order valence-corrected chi connectivity index (χ0v) is 15.8. The van der Waals surface area contributed by atoms with Gasteiger partial charge in [0.1, 0.15) is 5.82 Å². The van der Waals surface area contributed by atoms with Crippen LogP contribution in [0.25, 0.3) is 0 Å². The molecule has 3 heterocycles. The molecule has 0 saturated heterocycles. The lowest BCUT2D eigenvalue weighted by molar-refractivity contribution is 0.174. The SMILES string of the molecule is Cc1cc(N2CCc3ccccc3C2)nc(NCc2ccc3c(c2)OCO3)n1. The third-order valence-electron chi connectivity index (χ3n) is 5.18. The molecule has 2 aliphatic heterocycles. The highest BCUT2D eigenvalue weighted by atomic mass is 16.7. The number of aromatic nitrogens is 2. The Kier molecular flexibility index (Phi) is 4.24. The van der Waals surface area contributed by atoms with E-state index in [0.29, 0.717) is 12.5 Å². The van der Waals surface area contributed by atoms with Crippen LogP contribution in [0.3, 0.4) is 0 Å². The van der Waals surface area contributed by atoms with Crippen LogP contribution in [-0.4, -0.2) is 23.3 Å². The molecule has 0 aliphatic carbocycles. The first-order chi connectivity index (χ1) is 13.7. The fourth-order valence-corrected chi connectivity index (χ4v) is 3.72. The van der Waals surface area contributed by atoms with Gasteiger partial charge in [-0.1, -0.05) is 30.3 Å². The van der Waals surface area contributed by atoms with Gasteiger partial charge in [-0.15, -0.1) is 0 Å². The van der Waals surface area contributed by atoms with Gasteiger partial charge in [-0.2, -0.15) is 4.98 Å². The minimum atomic E-state index is 0.287. The molecule has 0 unspecified atom stereocenters. The molecule has 28 heavy (non-hydrogen) atoms. The minimum absolute atomic E-state index is 0.287. The van der Waals surface area contributed by atoms with Crippen molar-refractivity contribution >= 4 is 11.8 Å². The largest absolute Gasteiger partial charge is 0.454 e. The molecule has 1 aromatic heterocycles. The van der Waals surface area contributed by atoms with Crippen LogP contribution in [0.5, 0.6) is 11.5 Å². The summed E-state index contributed by atoms with van der Waals surface area (Å²) in [7, 11) is 0. The number of nitrogens with one attached hydrogen (secondary N) is 1. The second-order valence-electron chi connectivity index (χ2n) is 7.17. The number of aryl methyl sites for hydroxylation is 1. The lowest BCUT2D eigenvalue weighted by Gasteiger charge is -2.30. The molecule has 0 fully saturated rings. The highest BCUT2D eigenvalue weighted by Gasteiger charge is 2.18. The van der Waals surface area contributed by atoms with E-state index in [1.165, 1.54) is 11.1 Å².